The summed E-state index contributed by atoms with van der Waals surface area (Å²) in [5.41, 5.74) is 4.01. The molecular formula is C19H23NO2S. The lowest BCUT2D eigenvalue weighted by Crippen LogP contribution is -2.22. The van der Waals surface area contributed by atoms with Crippen molar-refractivity contribution in [3.63, 3.8) is 0 Å². The number of carbonyl (C=O) groups excluding carboxylic acids is 1. The minimum atomic E-state index is -0.449. The van der Waals surface area contributed by atoms with Crippen LogP contribution in [-0.4, -0.2) is 10.8 Å². The Bertz CT molecular complexity index is 924. The highest BCUT2D eigenvalue weighted by molar-refractivity contribution is 7.07. The number of thiazole rings is 1. The van der Waals surface area contributed by atoms with Crippen molar-refractivity contribution >= 4 is 29.3 Å². The predicted molar refractivity (Wildman–Crippen MR) is 97.3 cm³/mol. The van der Waals surface area contributed by atoms with E-state index in [1.807, 2.05) is 33.8 Å². The highest BCUT2D eigenvalue weighted by atomic mass is 32.1. The lowest BCUT2D eigenvalue weighted by Gasteiger charge is -2.12. The van der Waals surface area contributed by atoms with E-state index in [9.17, 15) is 9.59 Å². The van der Waals surface area contributed by atoms with Crippen molar-refractivity contribution in [3.05, 3.63) is 53.9 Å². The van der Waals surface area contributed by atoms with Gasteiger partial charge in [0, 0.05) is 11.5 Å². The number of carbonyl (C=O) groups is 1. The first kappa shape index (κ1) is 17.4. The summed E-state index contributed by atoms with van der Waals surface area (Å²) in [6.45, 7) is 11.8. The summed E-state index contributed by atoms with van der Waals surface area (Å²) < 4.78 is 1.21. The van der Waals surface area contributed by atoms with E-state index in [1.165, 1.54) is 28.5 Å². The topological polar surface area (TPSA) is 49.9 Å². The minimum Gasteiger partial charge on any atom is -0.313 e. The molecule has 0 aliphatic rings. The first-order valence-electron chi connectivity index (χ1n) is 7.63. The maximum atomic E-state index is 12.1. The van der Waals surface area contributed by atoms with Crippen LogP contribution in [0.5, 0.6) is 0 Å². The van der Waals surface area contributed by atoms with Gasteiger partial charge < -0.3 is 4.98 Å². The van der Waals surface area contributed by atoms with E-state index in [0.29, 0.717) is 9.20 Å². The lowest BCUT2D eigenvalue weighted by atomic mass is 9.91. The highest BCUT2D eigenvalue weighted by Crippen LogP contribution is 2.16. The number of benzene rings is 1. The first-order chi connectivity index (χ1) is 10.6. The van der Waals surface area contributed by atoms with Gasteiger partial charge in [-0.05, 0) is 49.1 Å². The summed E-state index contributed by atoms with van der Waals surface area (Å²) in [5.74, 6) is 0.00362. The Morgan fingerprint density at radius 1 is 1.09 bits per heavy atom. The number of aromatic amines is 1. The van der Waals surface area contributed by atoms with Gasteiger partial charge in [-0.1, -0.05) is 32.9 Å². The average molecular weight is 329 g/mol. The molecule has 1 heterocycles. The van der Waals surface area contributed by atoms with Gasteiger partial charge in [0.15, 0.2) is 5.78 Å². The second-order valence-corrected chi connectivity index (χ2v) is 8.06. The van der Waals surface area contributed by atoms with E-state index < -0.39 is 5.41 Å². The van der Waals surface area contributed by atoms with Gasteiger partial charge in [-0.25, -0.2) is 0 Å². The molecule has 1 aromatic heterocycles. The van der Waals surface area contributed by atoms with E-state index in [-0.39, 0.29) is 11.3 Å². The van der Waals surface area contributed by atoms with Crippen molar-refractivity contribution in [2.45, 2.75) is 41.5 Å². The van der Waals surface area contributed by atoms with Crippen LogP contribution in [0.3, 0.4) is 0 Å². The molecule has 0 aliphatic heterocycles. The number of H-pyrrole nitrogens is 1. The second kappa shape index (κ2) is 6.28. The molecule has 0 saturated carbocycles. The smallest absolute Gasteiger partial charge is 0.266 e. The maximum absolute atomic E-state index is 12.1. The molecule has 0 aliphatic carbocycles. The van der Waals surface area contributed by atoms with Crippen LogP contribution in [0.15, 0.2) is 16.9 Å². The van der Waals surface area contributed by atoms with Crippen molar-refractivity contribution in [3.8, 4) is 0 Å². The van der Waals surface area contributed by atoms with Gasteiger partial charge in [0.05, 0.1) is 9.20 Å². The summed E-state index contributed by atoms with van der Waals surface area (Å²) in [4.78, 5) is 27.0. The number of Topliss-reactive ketones (excluding diaryl/α,β-unsaturated/α-hetero) is 1. The van der Waals surface area contributed by atoms with Crippen molar-refractivity contribution in [2.75, 3.05) is 0 Å². The quantitative estimate of drug-likeness (QED) is 0.921. The Morgan fingerprint density at radius 3 is 2.30 bits per heavy atom. The highest BCUT2D eigenvalue weighted by Gasteiger charge is 2.18. The van der Waals surface area contributed by atoms with Gasteiger partial charge in [0.1, 0.15) is 0 Å². The standard InChI is InChI=1S/C19H23NO2S/c1-11-7-13(3)14(8-12(11)2)9-15-18(22)20-17(23-15)10-16(21)19(4,5)6/h7-10H,1-6H3,(H,20,22)/b15-9+,17-10+. The second-order valence-electron chi connectivity index (χ2n) is 6.98. The van der Waals surface area contributed by atoms with E-state index in [0.717, 1.165) is 11.1 Å². The summed E-state index contributed by atoms with van der Waals surface area (Å²) >= 11 is 1.32. The number of hydrogen-bond acceptors (Lipinski definition) is 3. The van der Waals surface area contributed by atoms with Crippen LogP contribution in [0.1, 0.15) is 43.0 Å². The van der Waals surface area contributed by atoms with Gasteiger partial charge in [-0.3, -0.25) is 9.59 Å². The monoisotopic (exact) mass is 329 g/mol. The van der Waals surface area contributed by atoms with Crippen LogP contribution in [0.2, 0.25) is 0 Å². The Labute approximate surface area is 140 Å². The third-order valence-corrected chi connectivity index (χ3v) is 4.81. The fourth-order valence-electron chi connectivity index (χ4n) is 2.14. The van der Waals surface area contributed by atoms with Gasteiger partial charge in [0.25, 0.3) is 5.56 Å². The Kier molecular flexibility index (Phi) is 4.76. The van der Waals surface area contributed by atoms with E-state index in [2.05, 4.69) is 31.0 Å². The molecule has 3 nitrogen and oxygen atoms in total. The molecule has 0 bridgehead atoms. The normalized spacial score (nSPS) is 13.7. The predicted octanol–water partition coefficient (Wildman–Crippen LogP) is 2.59. The fraction of sp³-hybridized carbons (Fsp3) is 0.368. The molecule has 0 radical (unpaired) electrons. The molecule has 0 atom stereocenters. The number of hydrogen-bond donors (Lipinski definition) is 1. The molecule has 0 spiro atoms. The van der Waals surface area contributed by atoms with Gasteiger partial charge >= 0.3 is 0 Å². The van der Waals surface area contributed by atoms with Crippen molar-refractivity contribution in [2.24, 2.45) is 5.41 Å². The van der Waals surface area contributed by atoms with Crippen LogP contribution in [0, 0.1) is 26.2 Å². The van der Waals surface area contributed by atoms with E-state index >= 15 is 0 Å². The number of nitrogens with one attached hydrogen (secondary N) is 1. The molecule has 2 aromatic rings. The average Bonchev–Trinajstić information content (AvgIpc) is 2.75. The van der Waals surface area contributed by atoms with Crippen LogP contribution in [0.25, 0.3) is 12.2 Å². The van der Waals surface area contributed by atoms with Crippen molar-refractivity contribution in [1.29, 1.82) is 0 Å². The molecule has 23 heavy (non-hydrogen) atoms. The van der Waals surface area contributed by atoms with Crippen molar-refractivity contribution < 1.29 is 4.79 Å². The largest absolute Gasteiger partial charge is 0.313 e. The Balaban J connectivity index is 2.55. The summed E-state index contributed by atoms with van der Waals surface area (Å²) in [6, 6.07) is 4.21. The minimum absolute atomic E-state index is 0.00362. The van der Waals surface area contributed by atoms with Crippen LogP contribution < -0.4 is 14.8 Å². The van der Waals surface area contributed by atoms with Crippen LogP contribution in [0.4, 0.5) is 0 Å². The Morgan fingerprint density at radius 2 is 1.70 bits per heavy atom. The van der Waals surface area contributed by atoms with Crippen LogP contribution >= 0.6 is 11.3 Å². The zero-order valence-electron chi connectivity index (χ0n) is 14.5. The van der Waals surface area contributed by atoms with E-state index in [1.54, 1.807) is 0 Å². The lowest BCUT2D eigenvalue weighted by molar-refractivity contribution is -0.119. The maximum Gasteiger partial charge on any atom is 0.266 e. The van der Waals surface area contributed by atoms with Crippen LogP contribution in [-0.2, 0) is 4.79 Å². The molecule has 122 valence electrons. The summed E-state index contributed by atoms with van der Waals surface area (Å²) in [7, 11) is 0. The van der Waals surface area contributed by atoms with E-state index in [4.69, 9.17) is 0 Å². The van der Waals surface area contributed by atoms with Gasteiger partial charge in [0.2, 0.25) is 0 Å². The summed E-state index contributed by atoms with van der Waals surface area (Å²) in [6.07, 6.45) is 3.42. The molecule has 1 aromatic carbocycles. The molecular weight excluding hydrogens is 306 g/mol. The van der Waals surface area contributed by atoms with Gasteiger partial charge in [-0.2, -0.15) is 0 Å². The Hall–Kier alpha value is -1.94. The third-order valence-electron chi connectivity index (χ3n) is 3.85. The summed E-state index contributed by atoms with van der Waals surface area (Å²) in [5, 5.41) is 0. The zero-order valence-corrected chi connectivity index (χ0v) is 15.4. The number of rotatable bonds is 2. The molecule has 0 unspecified atom stereocenters. The SMILES string of the molecule is Cc1cc(C)c(/C=c2/s/c(=C/C(=O)C(C)(C)C)[nH]c2=O)cc1C. The fourth-order valence-corrected chi connectivity index (χ4v) is 3.02. The number of ketones is 1. The zero-order chi connectivity index (χ0) is 17.4. The first-order valence-corrected chi connectivity index (χ1v) is 8.44. The van der Waals surface area contributed by atoms with Crippen molar-refractivity contribution in [1.82, 2.24) is 4.98 Å². The molecule has 4 heteroatoms. The molecule has 0 amide bonds. The number of aryl methyl sites for hydroxylation is 3. The van der Waals surface area contributed by atoms with Gasteiger partial charge in [-0.15, -0.1) is 11.3 Å². The molecule has 2 rings (SSSR count). The third kappa shape index (κ3) is 4.08. The molecule has 0 fully saturated rings. The molecule has 0 saturated heterocycles. The number of aromatic nitrogens is 1. The molecule has 1 N–H and O–H groups in total.